The molecule has 0 amide bonds. The van der Waals surface area contributed by atoms with Crippen molar-refractivity contribution in [1.29, 1.82) is 0 Å². The molecular formula is C8H15NO3. The molecule has 4 heteroatoms. The molecule has 0 saturated carbocycles. The molecule has 0 saturated heterocycles. The normalized spacial score (nSPS) is 14.9. The van der Waals surface area contributed by atoms with Gasteiger partial charge in [0.25, 0.3) is 0 Å². The standard InChI is InChI=1S/C8H15NO3/c1-4-8(9-2,5-6-10)7(11)12-3/h6,9H,4-5H2,1-3H3. The number of ether oxygens (including phenoxy) is 1. The zero-order chi connectivity index (χ0) is 9.61. The highest BCUT2D eigenvalue weighted by molar-refractivity contribution is 5.83. The van der Waals surface area contributed by atoms with Crippen molar-refractivity contribution in [3.63, 3.8) is 0 Å². The van der Waals surface area contributed by atoms with Crippen LogP contribution in [0.1, 0.15) is 19.8 Å². The fourth-order valence-electron chi connectivity index (χ4n) is 1.09. The number of aldehydes is 1. The first-order valence-electron chi connectivity index (χ1n) is 3.87. The number of carbonyl (C=O) groups excluding carboxylic acids is 2. The number of methoxy groups -OCH3 is 1. The summed E-state index contributed by atoms with van der Waals surface area (Å²) in [6.07, 6.45) is 1.40. The predicted octanol–water partition coefficient (Wildman–Crippen LogP) is 0.117. The topological polar surface area (TPSA) is 55.4 Å². The molecule has 4 nitrogen and oxygen atoms in total. The summed E-state index contributed by atoms with van der Waals surface area (Å²) < 4.78 is 4.59. The van der Waals surface area contributed by atoms with Gasteiger partial charge < -0.3 is 14.8 Å². The SMILES string of the molecule is CCC(CC=O)(NC)C(=O)OC. The lowest BCUT2D eigenvalue weighted by Gasteiger charge is -2.26. The first-order chi connectivity index (χ1) is 5.66. The summed E-state index contributed by atoms with van der Waals surface area (Å²) in [5, 5.41) is 2.81. The molecule has 1 N–H and O–H groups in total. The highest BCUT2D eigenvalue weighted by atomic mass is 16.5. The van der Waals surface area contributed by atoms with Gasteiger partial charge in [0.05, 0.1) is 7.11 Å². The van der Waals surface area contributed by atoms with Crippen molar-refractivity contribution < 1.29 is 14.3 Å². The molecule has 0 heterocycles. The Bertz CT molecular complexity index is 164. The van der Waals surface area contributed by atoms with Crippen LogP contribution >= 0.6 is 0 Å². The van der Waals surface area contributed by atoms with Crippen LogP contribution in [0.4, 0.5) is 0 Å². The molecule has 0 aromatic heterocycles. The van der Waals surface area contributed by atoms with Crippen molar-refractivity contribution in [3.05, 3.63) is 0 Å². The van der Waals surface area contributed by atoms with Gasteiger partial charge in [0, 0.05) is 6.42 Å². The fourth-order valence-corrected chi connectivity index (χ4v) is 1.09. The minimum atomic E-state index is -0.837. The van der Waals surface area contributed by atoms with Gasteiger partial charge in [0.15, 0.2) is 0 Å². The average molecular weight is 173 g/mol. The summed E-state index contributed by atoms with van der Waals surface area (Å²) >= 11 is 0. The summed E-state index contributed by atoms with van der Waals surface area (Å²) in [6, 6.07) is 0. The van der Waals surface area contributed by atoms with Crippen molar-refractivity contribution in [2.24, 2.45) is 0 Å². The molecular weight excluding hydrogens is 158 g/mol. The van der Waals surface area contributed by atoms with Crippen LogP contribution in [0, 0.1) is 0 Å². The van der Waals surface area contributed by atoms with Crippen molar-refractivity contribution in [3.8, 4) is 0 Å². The van der Waals surface area contributed by atoms with Gasteiger partial charge in [-0.25, -0.2) is 0 Å². The van der Waals surface area contributed by atoms with Crippen molar-refractivity contribution in [2.75, 3.05) is 14.2 Å². The van der Waals surface area contributed by atoms with Crippen molar-refractivity contribution in [2.45, 2.75) is 25.3 Å². The summed E-state index contributed by atoms with van der Waals surface area (Å²) in [7, 11) is 2.96. The highest BCUT2D eigenvalue weighted by Crippen LogP contribution is 2.14. The van der Waals surface area contributed by atoms with Crippen LogP contribution in [0.15, 0.2) is 0 Å². The molecule has 0 aliphatic heterocycles. The fraction of sp³-hybridized carbons (Fsp3) is 0.750. The van der Waals surface area contributed by atoms with E-state index >= 15 is 0 Å². The Morgan fingerprint density at radius 3 is 2.50 bits per heavy atom. The number of likely N-dealkylation sites (N-methyl/N-ethyl adjacent to an activating group) is 1. The monoisotopic (exact) mass is 173 g/mol. The second kappa shape index (κ2) is 4.87. The molecule has 1 atom stereocenters. The van der Waals surface area contributed by atoms with E-state index in [0.29, 0.717) is 6.42 Å². The Morgan fingerprint density at radius 1 is 1.67 bits per heavy atom. The molecule has 0 aliphatic rings. The van der Waals surface area contributed by atoms with Crippen molar-refractivity contribution >= 4 is 12.3 Å². The smallest absolute Gasteiger partial charge is 0.326 e. The molecule has 0 aromatic carbocycles. The lowest BCUT2D eigenvalue weighted by molar-refractivity contribution is -0.149. The van der Waals surface area contributed by atoms with Gasteiger partial charge in [-0.2, -0.15) is 0 Å². The minimum Gasteiger partial charge on any atom is -0.468 e. The molecule has 1 unspecified atom stereocenters. The largest absolute Gasteiger partial charge is 0.468 e. The highest BCUT2D eigenvalue weighted by Gasteiger charge is 2.35. The van der Waals surface area contributed by atoms with Gasteiger partial charge in [-0.1, -0.05) is 6.92 Å². The van der Waals surface area contributed by atoms with Crippen LogP contribution < -0.4 is 5.32 Å². The Morgan fingerprint density at radius 2 is 2.25 bits per heavy atom. The van der Waals surface area contributed by atoms with Gasteiger partial charge in [0.2, 0.25) is 0 Å². The van der Waals surface area contributed by atoms with E-state index < -0.39 is 5.54 Å². The van der Waals surface area contributed by atoms with Gasteiger partial charge in [-0.3, -0.25) is 4.79 Å². The molecule has 0 fully saturated rings. The van der Waals surface area contributed by atoms with Crippen molar-refractivity contribution in [1.82, 2.24) is 5.32 Å². The molecule has 0 rings (SSSR count). The van der Waals surface area contributed by atoms with Crippen LogP contribution in [-0.2, 0) is 14.3 Å². The van der Waals surface area contributed by atoms with E-state index in [1.165, 1.54) is 7.11 Å². The number of rotatable bonds is 5. The Labute approximate surface area is 72.3 Å². The maximum atomic E-state index is 11.2. The second-order valence-electron chi connectivity index (χ2n) is 2.55. The number of hydrogen-bond donors (Lipinski definition) is 1. The summed E-state index contributed by atoms with van der Waals surface area (Å²) in [6.45, 7) is 1.83. The zero-order valence-electron chi connectivity index (χ0n) is 7.72. The van der Waals surface area contributed by atoms with Crippen LogP contribution in [0.25, 0.3) is 0 Å². The van der Waals surface area contributed by atoms with Gasteiger partial charge in [-0.15, -0.1) is 0 Å². The summed E-state index contributed by atoms with van der Waals surface area (Å²) in [5.41, 5.74) is -0.837. The average Bonchev–Trinajstić information content (AvgIpc) is 2.13. The Kier molecular flexibility index (Phi) is 4.51. The number of hydrogen-bond acceptors (Lipinski definition) is 4. The molecule has 0 aromatic rings. The molecule has 0 aliphatic carbocycles. The number of nitrogens with one attached hydrogen (secondary N) is 1. The van der Waals surface area contributed by atoms with Gasteiger partial charge in [-0.05, 0) is 13.5 Å². The van der Waals surface area contributed by atoms with Crippen LogP contribution in [0.3, 0.4) is 0 Å². The Hall–Kier alpha value is -0.900. The zero-order valence-corrected chi connectivity index (χ0v) is 7.72. The quantitative estimate of drug-likeness (QED) is 0.474. The summed E-state index contributed by atoms with van der Waals surface area (Å²) in [4.78, 5) is 21.6. The second-order valence-corrected chi connectivity index (χ2v) is 2.55. The van der Waals surface area contributed by atoms with E-state index in [4.69, 9.17) is 0 Å². The lowest BCUT2D eigenvalue weighted by atomic mass is 9.93. The van der Waals surface area contributed by atoms with E-state index in [0.717, 1.165) is 6.29 Å². The van der Waals surface area contributed by atoms with E-state index in [9.17, 15) is 9.59 Å². The van der Waals surface area contributed by atoms with Crippen LogP contribution in [0.5, 0.6) is 0 Å². The van der Waals surface area contributed by atoms with Crippen LogP contribution in [-0.4, -0.2) is 32.0 Å². The molecule has 0 bridgehead atoms. The molecule has 70 valence electrons. The lowest BCUT2D eigenvalue weighted by Crippen LogP contribution is -2.50. The molecule has 0 spiro atoms. The molecule has 12 heavy (non-hydrogen) atoms. The van der Waals surface area contributed by atoms with Gasteiger partial charge >= 0.3 is 5.97 Å². The first-order valence-corrected chi connectivity index (χ1v) is 3.87. The minimum absolute atomic E-state index is 0.146. The van der Waals surface area contributed by atoms with Crippen LogP contribution in [0.2, 0.25) is 0 Å². The third-order valence-corrected chi connectivity index (χ3v) is 2.09. The Balaban J connectivity index is 4.55. The maximum absolute atomic E-state index is 11.2. The predicted molar refractivity (Wildman–Crippen MR) is 44.8 cm³/mol. The van der Waals surface area contributed by atoms with Gasteiger partial charge in [0.1, 0.15) is 11.8 Å². The summed E-state index contributed by atoms with van der Waals surface area (Å²) in [5.74, 6) is -0.389. The van der Waals surface area contributed by atoms with E-state index in [-0.39, 0.29) is 12.4 Å². The number of esters is 1. The maximum Gasteiger partial charge on any atom is 0.326 e. The van der Waals surface area contributed by atoms with E-state index in [1.807, 2.05) is 6.92 Å². The van der Waals surface area contributed by atoms with E-state index in [2.05, 4.69) is 10.1 Å². The van der Waals surface area contributed by atoms with E-state index in [1.54, 1.807) is 7.05 Å². The third-order valence-electron chi connectivity index (χ3n) is 2.09. The molecule has 0 radical (unpaired) electrons. The third kappa shape index (κ3) is 2.04. The number of carbonyl (C=O) groups is 2. The first kappa shape index (κ1) is 11.1.